The smallest absolute Gasteiger partial charge is 0.0672 e. The normalized spacial score (nSPS) is 35.2. The Morgan fingerprint density at radius 3 is 2.60 bits per heavy atom. The first-order chi connectivity index (χ1) is 9.49. The molecule has 0 aromatic carbocycles. The van der Waals surface area contributed by atoms with Crippen molar-refractivity contribution >= 4 is 11.8 Å². The van der Waals surface area contributed by atoms with Crippen LogP contribution in [-0.2, 0) is 0 Å². The fraction of sp³-hybridized carbons (Fsp3) is 0.941. The predicted molar refractivity (Wildman–Crippen MR) is 87.8 cm³/mol. The van der Waals surface area contributed by atoms with Crippen molar-refractivity contribution in [2.75, 3.05) is 18.6 Å². The lowest BCUT2D eigenvalue weighted by Gasteiger charge is -2.45. The number of rotatable bonds is 4. The topological polar surface area (TPSA) is 27.0 Å². The van der Waals surface area contributed by atoms with Gasteiger partial charge in [0.2, 0.25) is 0 Å². The predicted octanol–water partition coefficient (Wildman–Crippen LogP) is 4.17. The summed E-state index contributed by atoms with van der Waals surface area (Å²) in [6, 6.07) is 3.78. The van der Waals surface area contributed by atoms with E-state index in [9.17, 15) is 5.26 Å². The van der Waals surface area contributed by atoms with Crippen LogP contribution in [0.5, 0.6) is 0 Å². The number of nitriles is 1. The summed E-state index contributed by atoms with van der Waals surface area (Å²) in [7, 11) is 2.27. The van der Waals surface area contributed by atoms with Crippen LogP contribution < -0.4 is 0 Å². The molecule has 1 aliphatic heterocycles. The minimum absolute atomic E-state index is 0.245. The first kappa shape index (κ1) is 16.2. The summed E-state index contributed by atoms with van der Waals surface area (Å²) in [6.45, 7) is 7.13. The van der Waals surface area contributed by atoms with E-state index in [0.29, 0.717) is 17.5 Å². The molecule has 2 fully saturated rings. The summed E-state index contributed by atoms with van der Waals surface area (Å²) >= 11 is 2.07. The minimum atomic E-state index is 0.245. The maximum Gasteiger partial charge on any atom is 0.0672 e. The monoisotopic (exact) mass is 294 g/mol. The summed E-state index contributed by atoms with van der Waals surface area (Å²) in [5.41, 5.74) is 0.421. The molecule has 2 nitrogen and oxygen atoms in total. The number of hydrogen-bond donors (Lipinski definition) is 0. The number of hydrogen-bond acceptors (Lipinski definition) is 3. The second kappa shape index (κ2) is 6.71. The van der Waals surface area contributed by atoms with E-state index in [-0.39, 0.29) is 5.92 Å². The Labute approximate surface area is 129 Å². The van der Waals surface area contributed by atoms with E-state index in [1.165, 1.54) is 37.2 Å². The molecule has 0 amide bonds. The van der Waals surface area contributed by atoms with E-state index >= 15 is 0 Å². The van der Waals surface area contributed by atoms with Crippen LogP contribution in [0.1, 0.15) is 52.9 Å². The van der Waals surface area contributed by atoms with Gasteiger partial charge >= 0.3 is 0 Å². The van der Waals surface area contributed by atoms with Crippen LogP contribution in [0.3, 0.4) is 0 Å². The van der Waals surface area contributed by atoms with Gasteiger partial charge in [0.25, 0.3) is 0 Å². The molecule has 0 bridgehead atoms. The minimum Gasteiger partial charge on any atom is -0.298 e. The third-order valence-electron chi connectivity index (χ3n) is 6.00. The highest BCUT2D eigenvalue weighted by Crippen LogP contribution is 2.44. The maximum absolute atomic E-state index is 9.52. The van der Waals surface area contributed by atoms with Gasteiger partial charge in [-0.2, -0.15) is 17.0 Å². The van der Waals surface area contributed by atoms with Gasteiger partial charge in [-0.05, 0) is 49.8 Å². The molecular formula is C17H30N2S. The first-order valence-electron chi connectivity index (χ1n) is 8.19. The third-order valence-corrected chi connectivity index (χ3v) is 7.15. The molecule has 1 saturated heterocycles. The summed E-state index contributed by atoms with van der Waals surface area (Å²) in [4.78, 5) is 2.56. The Balaban J connectivity index is 2.08. The zero-order chi connectivity index (χ0) is 14.8. The van der Waals surface area contributed by atoms with Crippen molar-refractivity contribution in [3.63, 3.8) is 0 Å². The third kappa shape index (κ3) is 3.34. The average molecular weight is 295 g/mol. The van der Waals surface area contributed by atoms with Crippen LogP contribution in [-0.4, -0.2) is 35.5 Å². The molecule has 0 aromatic rings. The van der Waals surface area contributed by atoms with Crippen molar-refractivity contribution in [1.29, 1.82) is 5.26 Å². The van der Waals surface area contributed by atoms with Crippen molar-refractivity contribution < 1.29 is 0 Å². The van der Waals surface area contributed by atoms with Crippen LogP contribution in [0.25, 0.3) is 0 Å². The molecule has 3 heteroatoms. The largest absolute Gasteiger partial charge is 0.298 e. The van der Waals surface area contributed by atoms with Gasteiger partial charge < -0.3 is 0 Å². The second-order valence-electron chi connectivity index (χ2n) is 7.34. The SMILES string of the molecule is CCC(C)(C)C1CCC(C#N)C(N(C)C2CCSC2)C1. The Kier molecular flexibility index (Phi) is 5.42. The number of nitrogens with zero attached hydrogens (tertiary/aromatic N) is 2. The van der Waals surface area contributed by atoms with Gasteiger partial charge in [-0.1, -0.05) is 27.2 Å². The van der Waals surface area contributed by atoms with Crippen molar-refractivity contribution in [3.8, 4) is 6.07 Å². The van der Waals surface area contributed by atoms with Crippen LogP contribution in [0.2, 0.25) is 0 Å². The van der Waals surface area contributed by atoms with Gasteiger partial charge in [0.05, 0.1) is 12.0 Å². The summed E-state index contributed by atoms with van der Waals surface area (Å²) in [5.74, 6) is 3.57. The van der Waals surface area contributed by atoms with Gasteiger partial charge in [0.15, 0.2) is 0 Å². The molecule has 2 aliphatic rings. The molecular weight excluding hydrogens is 264 g/mol. The highest BCUT2D eigenvalue weighted by atomic mass is 32.2. The quantitative estimate of drug-likeness (QED) is 0.778. The summed E-state index contributed by atoms with van der Waals surface area (Å²) < 4.78 is 0. The van der Waals surface area contributed by atoms with Gasteiger partial charge in [-0.15, -0.1) is 0 Å². The molecule has 0 radical (unpaired) electrons. The fourth-order valence-electron chi connectivity index (χ4n) is 3.86. The van der Waals surface area contributed by atoms with Gasteiger partial charge in [-0.3, -0.25) is 4.90 Å². The Morgan fingerprint density at radius 2 is 2.05 bits per heavy atom. The molecule has 4 unspecified atom stereocenters. The molecule has 114 valence electrons. The Bertz CT molecular complexity index is 354. The fourth-order valence-corrected chi connectivity index (χ4v) is 5.14. The standard InChI is InChI=1S/C17H30N2S/c1-5-17(2,3)14-7-6-13(11-18)16(10-14)19(4)15-8-9-20-12-15/h13-16H,5-10,12H2,1-4H3. The Hall–Kier alpha value is -0.200. The van der Waals surface area contributed by atoms with Crippen molar-refractivity contribution in [2.24, 2.45) is 17.3 Å². The van der Waals surface area contributed by atoms with Crippen LogP contribution in [0, 0.1) is 28.6 Å². The Morgan fingerprint density at radius 1 is 1.30 bits per heavy atom. The zero-order valence-electron chi connectivity index (χ0n) is 13.6. The second-order valence-corrected chi connectivity index (χ2v) is 8.49. The molecule has 1 aliphatic carbocycles. The molecule has 20 heavy (non-hydrogen) atoms. The van der Waals surface area contributed by atoms with E-state index in [1.54, 1.807) is 0 Å². The van der Waals surface area contributed by atoms with E-state index in [4.69, 9.17) is 0 Å². The van der Waals surface area contributed by atoms with Crippen LogP contribution >= 0.6 is 11.8 Å². The molecule has 1 heterocycles. The summed E-state index contributed by atoms with van der Waals surface area (Å²) in [6.07, 6.45) is 6.10. The van der Waals surface area contributed by atoms with Gasteiger partial charge in [0, 0.05) is 17.8 Å². The van der Waals surface area contributed by atoms with Crippen molar-refractivity contribution in [1.82, 2.24) is 4.90 Å². The summed E-state index contributed by atoms with van der Waals surface area (Å²) in [5, 5.41) is 9.52. The average Bonchev–Trinajstić information content (AvgIpc) is 3.00. The molecule has 4 atom stereocenters. The van der Waals surface area contributed by atoms with E-state index in [2.05, 4.69) is 50.5 Å². The van der Waals surface area contributed by atoms with Gasteiger partial charge in [0.1, 0.15) is 0 Å². The van der Waals surface area contributed by atoms with Crippen molar-refractivity contribution in [2.45, 2.75) is 65.0 Å². The molecule has 0 N–H and O–H groups in total. The zero-order valence-corrected chi connectivity index (χ0v) is 14.4. The maximum atomic E-state index is 9.52. The van der Waals surface area contributed by atoms with Crippen LogP contribution in [0.4, 0.5) is 0 Å². The van der Waals surface area contributed by atoms with Crippen LogP contribution in [0.15, 0.2) is 0 Å². The lowest BCUT2D eigenvalue weighted by molar-refractivity contribution is 0.0488. The van der Waals surface area contributed by atoms with E-state index < -0.39 is 0 Å². The molecule has 1 saturated carbocycles. The molecule has 0 spiro atoms. The van der Waals surface area contributed by atoms with Crippen molar-refractivity contribution in [3.05, 3.63) is 0 Å². The first-order valence-corrected chi connectivity index (χ1v) is 9.34. The lowest BCUT2D eigenvalue weighted by atomic mass is 9.66. The molecule has 2 rings (SSSR count). The van der Waals surface area contributed by atoms with E-state index in [1.807, 2.05) is 0 Å². The lowest BCUT2D eigenvalue weighted by Crippen LogP contribution is -2.48. The van der Waals surface area contributed by atoms with E-state index in [0.717, 1.165) is 12.3 Å². The molecule has 0 aromatic heterocycles. The number of thioether (sulfide) groups is 1. The van der Waals surface area contributed by atoms with Gasteiger partial charge in [-0.25, -0.2) is 0 Å². The highest BCUT2D eigenvalue weighted by Gasteiger charge is 2.40. The highest BCUT2D eigenvalue weighted by molar-refractivity contribution is 7.99.